The van der Waals surface area contributed by atoms with Crippen molar-refractivity contribution in [3.8, 4) is 11.3 Å². The molecule has 0 aliphatic carbocycles. The molecule has 0 bridgehead atoms. The summed E-state index contributed by atoms with van der Waals surface area (Å²) in [6.45, 7) is 0.546. The number of H-pyrrole nitrogens is 1. The fourth-order valence-electron chi connectivity index (χ4n) is 1.74. The first-order valence-corrected chi connectivity index (χ1v) is 6.74. The predicted octanol–water partition coefficient (Wildman–Crippen LogP) is 2.71. The van der Waals surface area contributed by atoms with Crippen LogP contribution >= 0.6 is 11.6 Å². The van der Waals surface area contributed by atoms with Crippen LogP contribution in [-0.2, 0) is 11.3 Å². The molecule has 0 saturated carbocycles. The van der Waals surface area contributed by atoms with Crippen LogP contribution < -0.4 is 5.32 Å². The fraction of sp³-hybridized carbons (Fsp3) is 0.286. The average Bonchev–Trinajstić information content (AvgIpc) is 2.97. The van der Waals surface area contributed by atoms with Crippen LogP contribution in [0.5, 0.6) is 0 Å². The van der Waals surface area contributed by atoms with E-state index >= 15 is 0 Å². The summed E-state index contributed by atoms with van der Waals surface area (Å²) in [4.78, 5) is 11.4. The quantitative estimate of drug-likeness (QED) is 0.798. The number of aromatic amines is 1. The smallest absolute Gasteiger partial charge is 0.220 e. The first-order chi connectivity index (χ1) is 9.29. The molecule has 2 rings (SSSR count). The molecular formula is C14H16ClN3O. The minimum absolute atomic E-state index is 0.0401. The number of carbonyl (C=O) groups excluding carboxylic acids is 1. The third kappa shape index (κ3) is 4.10. The Morgan fingerprint density at radius 2 is 2.05 bits per heavy atom. The number of alkyl halides is 1. The Hall–Kier alpha value is -1.81. The third-order valence-electron chi connectivity index (χ3n) is 2.79. The standard InChI is InChI=1S/C14H16ClN3O/c15-8-1-2-14(19)16-10-11-3-5-12(6-4-11)13-7-9-17-18-13/h3-7,9H,1-2,8,10H2,(H,16,19)(H,17,18). The number of nitrogens with zero attached hydrogens (tertiary/aromatic N) is 1. The van der Waals surface area contributed by atoms with Gasteiger partial charge in [-0.25, -0.2) is 0 Å². The maximum atomic E-state index is 11.4. The summed E-state index contributed by atoms with van der Waals surface area (Å²) in [5.74, 6) is 0.560. The maximum absolute atomic E-state index is 11.4. The molecule has 2 N–H and O–H groups in total. The lowest BCUT2D eigenvalue weighted by atomic mass is 10.1. The SMILES string of the molecule is O=C(CCCCl)NCc1ccc(-c2ccn[nH]2)cc1. The molecular weight excluding hydrogens is 262 g/mol. The van der Waals surface area contributed by atoms with Crippen LogP contribution in [0.3, 0.4) is 0 Å². The molecule has 1 heterocycles. The molecule has 0 radical (unpaired) electrons. The van der Waals surface area contributed by atoms with Crippen molar-refractivity contribution in [2.45, 2.75) is 19.4 Å². The van der Waals surface area contributed by atoms with E-state index in [1.807, 2.05) is 30.3 Å². The zero-order chi connectivity index (χ0) is 13.5. The highest BCUT2D eigenvalue weighted by Crippen LogP contribution is 2.16. The predicted molar refractivity (Wildman–Crippen MR) is 75.8 cm³/mol. The van der Waals surface area contributed by atoms with Crippen molar-refractivity contribution in [1.82, 2.24) is 15.5 Å². The van der Waals surface area contributed by atoms with E-state index in [2.05, 4.69) is 15.5 Å². The maximum Gasteiger partial charge on any atom is 0.220 e. The van der Waals surface area contributed by atoms with Crippen LogP contribution in [0.4, 0.5) is 0 Å². The van der Waals surface area contributed by atoms with Crippen molar-refractivity contribution < 1.29 is 4.79 Å². The molecule has 1 amide bonds. The Morgan fingerprint density at radius 1 is 1.26 bits per heavy atom. The molecule has 0 aliphatic rings. The van der Waals surface area contributed by atoms with Crippen molar-refractivity contribution >= 4 is 17.5 Å². The van der Waals surface area contributed by atoms with Crippen molar-refractivity contribution in [3.63, 3.8) is 0 Å². The topological polar surface area (TPSA) is 57.8 Å². The number of hydrogen-bond donors (Lipinski definition) is 2. The van der Waals surface area contributed by atoms with E-state index in [-0.39, 0.29) is 5.91 Å². The first kappa shape index (κ1) is 13.6. The number of halogens is 1. The number of amides is 1. The van der Waals surface area contributed by atoms with Crippen LogP contribution in [0.2, 0.25) is 0 Å². The lowest BCUT2D eigenvalue weighted by Crippen LogP contribution is -2.22. The number of aromatic nitrogens is 2. The number of nitrogens with one attached hydrogen (secondary N) is 2. The molecule has 1 aromatic heterocycles. The Balaban J connectivity index is 1.87. The van der Waals surface area contributed by atoms with Gasteiger partial charge in [0.2, 0.25) is 5.91 Å². The van der Waals surface area contributed by atoms with Gasteiger partial charge in [0.1, 0.15) is 0 Å². The van der Waals surface area contributed by atoms with E-state index < -0.39 is 0 Å². The van der Waals surface area contributed by atoms with E-state index in [1.54, 1.807) is 6.20 Å². The van der Waals surface area contributed by atoms with Crippen LogP contribution in [0.1, 0.15) is 18.4 Å². The van der Waals surface area contributed by atoms with Crippen LogP contribution in [0.25, 0.3) is 11.3 Å². The summed E-state index contributed by atoms with van der Waals surface area (Å²) in [6, 6.07) is 9.93. The number of benzene rings is 1. The van der Waals surface area contributed by atoms with Gasteiger partial charge in [0.25, 0.3) is 0 Å². The van der Waals surface area contributed by atoms with Crippen molar-refractivity contribution in [2.24, 2.45) is 0 Å². The summed E-state index contributed by atoms with van der Waals surface area (Å²) in [6.07, 6.45) is 2.92. The molecule has 19 heavy (non-hydrogen) atoms. The highest BCUT2D eigenvalue weighted by molar-refractivity contribution is 6.17. The number of hydrogen-bond acceptors (Lipinski definition) is 2. The summed E-state index contributed by atoms with van der Waals surface area (Å²) >= 11 is 5.54. The molecule has 0 spiro atoms. The average molecular weight is 278 g/mol. The molecule has 0 fully saturated rings. The molecule has 0 aliphatic heterocycles. The van der Waals surface area contributed by atoms with Gasteiger partial charge in [-0.1, -0.05) is 24.3 Å². The molecule has 1 aromatic carbocycles. The zero-order valence-electron chi connectivity index (χ0n) is 10.5. The normalized spacial score (nSPS) is 10.4. The van der Waals surface area contributed by atoms with Crippen LogP contribution in [-0.4, -0.2) is 22.0 Å². The third-order valence-corrected chi connectivity index (χ3v) is 3.06. The zero-order valence-corrected chi connectivity index (χ0v) is 11.3. The van der Waals surface area contributed by atoms with Gasteiger partial charge in [-0.2, -0.15) is 5.10 Å². The van der Waals surface area contributed by atoms with Crippen molar-refractivity contribution in [3.05, 3.63) is 42.1 Å². The van der Waals surface area contributed by atoms with E-state index in [4.69, 9.17) is 11.6 Å². The minimum atomic E-state index is 0.0401. The van der Waals surface area contributed by atoms with Gasteiger partial charge in [-0.05, 0) is 23.6 Å². The molecule has 0 unspecified atom stereocenters. The molecule has 4 nitrogen and oxygen atoms in total. The Labute approximate surface area is 117 Å². The summed E-state index contributed by atoms with van der Waals surface area (Å²) in [5.41, 5.74) is 3.13. The van der Waals surface area contributed by atoms with Gasteiger partial charge in [0, 0.05) is 25.0 Å². The second-order valence-corrected chi connectivity index (χ2v) is 4.61. The highest BCUT2D eigenvalue weighted by Gasteiger charge is 2.02. The van der Waals surface area contributed by atoms with Gasteiger partial charge in [0.05, 0.1) is 5.69 Å². The van der Waals surface area contributed by atoms with Crippen LogP contribution in [0, 0.1) is 0 Å². The molecule has 5 heteroatoms. The summed E-state index contributed by atoms with van der Waals surface area (Å²) in [7, 11) is 0. The number of carbonyl (C=O) groups is 1. The van der Waals surface area contributed by atoms with Crippen LogP contribution in [0.15, 0.2) is 36.5 Å². The number of rotatable bonds is 6. The summed E-state index contributed by atoms with van der Waals surface area (Å²) < 4.78 is 0. The second-order valence-electron chi connectivity index (χ2n) is 4.24. The first-order valence-electron chi connectivity index (χ1n) is 6.21. The Kier molecular flexibility index (Phi) is 4.98. The summed E-state index contributed by atoms with van der Waals surface area (Å²) in [5, 5.41) is 9.70. The van der Waals surface area contributed by atoms with E-state index in [1.165, 1.54) is 0 Å². The minimum Gasteiger partial charge on any atom is -0.352 e. The monoisotopic (exact) mass is 277 g/mol. The van der Waals surface area contributed by atoms with Gasteiger partial charge < -0.3 is 5.32 Å². The van der Waals surface area contributed by atoms with Gasteiger partial charge in [-0.3, -0.25) is 9.89 Å². The second kappa shape index (κ2) is 6.95. The van der Waals surface area contributed by atoms with Gasteiger partial charge >= 0.3 is 0 Å². The largest absolute Gasteiger partial charge is 0.352 e. The van der Waals surface area contributed by atoms with E-state index in [0.29, 0.717) is 25.3 Å². The Bertz CT molecular complexity index is 508. The lowest BCUT2D eigenvalue weighted by molar-refractivity contribution is -0.121. The lowest BCUT2D eigenvalue weighted by Gasteiger charge is -2.05. The fourth-order valence-corrected chi connectivity index (χ4v) is 1.87. The Morgan fingerprint density at radius 3 is 2.68 bits per heavy atom. The van der Waals surface area contributed by atoms with Crippen molar-refractivity contribution in [2.75, 3.05) is 5.88 Å². The molecule has 2 aromatic rings. The molecule has 0 saturated heterocycles. The molecule has 0 atom stereocenters. The highest BCUT2D eigenvalue weighted by atomic mass is 35.5. The molecule has 100 valence electrons. The van der Waals surface area contributed by atoms with Gasteiger partial charge in [-0.15, -0.1) is 11.6 Å². The van der Waals surface area contributed by atoms with Crippen molar-refractivity contribution in [1.29, 1.82) is 0 Å². The van der Waals surface area contributed by atoms with E-state index in [0.717, 1.165) is 16.8 Å². The van der Waals surface area contributed by atoms with E-state index in [9.17, 15) is 4.79 Å². The van der Waals surface area contributed by atoms with Gasteiger partial charge in [0.15, 0.2) is 0 Å².